The second-order valence-electron chi connectivity index (χ2n) is 6.31. The molecule has 0 aliphatic rings. The Bertz CT molecular complexity index is 445. The molecular formula is C20H33N3O. The molecule has 0 radical (unpaired) electrons. The van der Waals surface area contributed by atoms with E-state index in [0.29, 0.717) is 5.56 Å². The molecule has 1 aromatic rings. The predicted molar refractivity (Wildman–Crippen MR) is 101 cm³/mol. The van der Waals surface area contributed by atoms with Crippen LogP contribution in [0.25, 0.3) is 0 Å². The maximum absolute atomic E-state index is 11.7. The highest BCUT2D eigenvalue weighted by Gasteiger charge is 2.01. The molecule has 0 aliphatic carbocycles. The van der Waals surface area contributed by atoms with Gasteiger partial charge in [0.2, 0.25) is 0 Å². The van der Waals surface area contributed by atoms with Gasteiger partial charge < -0.3 is 0 Å². The maximum Gasteiger partial charge on any atom is 0.271 e. The number of carbonyl (C=O) groups excluding carboxylic acids is 1. The Morgan fingerprint density at radius 2 is 1.50 bits per heavy atom. The molecule has 0 unspecified atom stereocenters. The molecule has 0 bridgehead atoms. The summed E-state index contributed by atoms with van der Waals surface area (Å²) in [7, 11) is 0. The lowest BCUT2D eigenvalue weighted by molar-refractivity contribution is 0.0955. The first kappa shape index (κ1) is 20.3. The quantitative estimate of drug-likeness (QED) is 0.278. The van der Waals surface area contributed by atoms with Gasteiger partial charge in [-0.05, 0) is 25.0 Å². The van der Waals surface area contributed by atoms with Crippen molar-refractivity contribution in [2.45, 2.75) is 84.0 Å². The van der Waals surface area contributed by atoms with E-state index < -0.39 is 0 Å². The number of carbonyl (C=O) groups is 1. The maximum atomic E-state index is 11.7. The summed E-state index contributed by atoms with van der Waals surface area (Å²) in [6.07, 6.45) is 20.7. The number of rotatable bonds is 14. The molecular weight excluding hydrogens is 298 g/mol. The number of nitrogens with zero attached hydrogens (tertiary/aromatic N) is 2. The van der Waals surface area contributed by atoms with Crippen LogP contribution in [0.5, 0.6) is 0 Å². The molecule has 0 fully saturated rings. The van der Waals surface area contributed by atoms with E-state index in [1.54, 1.807) is 30.7 Å². The van der Waals surface area contributed by atoms with E-state index in [-0.39, 0.29) is 5.91 Å². The van der Waals surface area contributed by atoms with Crippen molar-refractivity contribution in [3.63, 3.8) is 0 Å². The van der Waals surface area contributed by atoms with Crippen molar-refractivity contribution in [1.29, 1.82) is 0 Å². The van der Waals surface area contributed by atoms with E-state index in [4.69, 9.17) is 0 Å². The van der Waals surface area contributed by atoms with Crippen molar-refractivity contribution in [2.24, 2.45) is 5.10 Å². The van der Waals surface area contributed by atoms with Crippen molar-refractivity contribution in [2.75, 3.05) is 0 Å². The first-order valence-electron chi connectivity index (χ1n) is 9.56. The number of unbranched alkanes of at least 4 members (excludes halogenated alkanes) is 11. The van der Waals surface area contributed by atoms with Gasteiger partial charge in [-0.1, -0.05) is 71.1 Å². The third kappa shape index (κ3) is 10.9. The number of hydrazone groups is 1. The highest BCUT2D eigenvalue weighted by atomic mass is 16.2. The largest absolute Gasteiger partial charge is 0.271 e. The first-order chi connectivity index (χ1) is 11.8. The highest BCUT2D eigenvalue weighted by molar-refractivity contribution is 5.94. The molecule has 0 aromatic carbocycles. The number of hydrogen-bond acceptors (Lipinski definition) is 3. The number of amides is 1. The fourth-order valence-corrected chi connectivity index (χ4v) is 2.64. The zero-order valence-corrected chi connectivity index (χ0v) is 15.2. The lowest BCUT2D eigenvalue weighted by Gasteiger charge is -2.01. The third-order valence-corrected chi connectivity index (χ3v) is 4.14. The van der Waals surface area contributed by atoms with Crippen molar-refractivity contribution in [1.82, 2.24) is 10.4 Å². The van der Waals surface area contributed by atoms with E-state index in [1.165, 1.54) is 64.2 Å². The van der Waals surface area contributed by atoms with Gasteiger partial charge in [-0.2, -0.15) is 5.10 Å². The van der Waals surface area contributed by atoms with Crippen LogP contribution < -0.4 is 5.43 Å². The molecule has 4 heteroatoms. The van der Waals surface area contributed by atoms with Crippen LogP contribution >= 0.6 is 0 Å². The minimum absolute atomic E-state index is 0.187. The molecule has 24 heavy (non-hydrogen) atoms. The fourth-order valence-electron chi connectivity index (χ4n) is 2.64. The summed E-state index contributed by atoms with van der Waals surface area (Å²) in [5.41, 5.74) is 3.12. The summed E-state index contributed by atoms with van der Waals surface area (Å²) in [5, 5.41) is 3.99. The van der Waals surface area contributed by atoms with Gasteiger partial charge in [0, 0.05) is 24.2 Å². The Morgan fingerprint density at radius 3 is 2.08 bits per heavy atom. The summed E-state index contributed by atoms with van der Waals surface area (Å²) in [6.45, 7) is 2.26. The lowest BCUT2D eigenvalue weighted by atomic mass is 10.1. The Balaban J connectivity index is 1.87. The van der Waals surface area contributed by atoms with E-state index in [9.17, 15) is 4.79 Å². The molecule has 4 nitrogen and oxygen atoms in total. The van der Waals surface area contributed by atoms with Crippen molar-refractivity contribution in [3.8, 4) is 0 Å². The average Bonchev–Trinajstić information content (AvgIpc) is 2.62. The molecule has 0 aliphatic heterocycles. The third-order valence-electron chi connectivity index (χ3n) is 4.14. The average molecular weight is 332 g/mol. The molecule has 134 valence electrons. The number of pyridine rings is 1. The van der Waals surface area contributed by atoms with E-state index in [0.717, 1.165) is 12.8 Å². The van der Waals surface area contributed by atoms with Gasteiger partial charge in [-0.25, -0.2) is 5.43 Å². The van der Waals surface area contributed by atoms with Crippen LogP contribution in [0.4, 0.5) is 0 Å². The van der Waals surface area contributed by atoms with Crippen LogP contribution in [0.15, 0.2) is 29.6 Å². The molecule has 1 N–H and O–H groups in total. The van der Waals surface area contributed by atoms with Crippen molar-refractivity contribution in [3.05, 3.63) is 30.1 Å². The van der Waals surface area contributed by atoms with Gasteiger partial charge in [0.25, 0.3) is 5.91 Å². The van der Waals surface area contributed by atoms with E-state index in [1.807, 2.05) is 0 Å². The summed E-state index contributed by atoms with van der Waals surface area (Å²) in [4.78, 5) is 15.6. The predicted octanol–water partition coefficient (Wildman–Crippen LogP) is 5.50. The second-order valence-corrected chi connectivity index (χ2v) is 6.31. The topological polar surface area (TPSA) is 54.4 Å². The Labute approximate surface area is 147 Å². The van der Waals surface area contributed by atoms with Gasteiger partial charge in [0.15, 0.2) is 0 Å². The molecule has 1 amide bonds. The van der Waals surface area contributed by atoms with Crippen molar-refractivity contribution < 1.29 is 4.79 Å². The second kappa shape index (κ2) is 14.9. The van der Waals surface area contributed by atoms with Crippen LogP contribution in [-0.2, 0) is 0 Å². The Hall–Kier alpha value is -1.71. The van der Waals surface area contributed by atoms with Crippen molar-refractivity contribution >= 4 is 12.1 Å². The molecule has 1 aromatic heterocycles. The Kier molecular flexibility index (Phi) is 12.6. The molecule has 0 saturated carbocycles. The number of nitrogens with one attached hydrogen (secondary N) is 1. The summed E-state index contributed by atoms with van der Waals surface area (Å²) < 4.78 is 0. The molecule has 1 rings (SSSR count). The number of hydrogen-bond donors (Lipinski definition) is 1. The summed E-state index contributed by atoms with van der Waals surface area (Å²) in [6, 6.07) is 3.35. The standard InChI is InChI=1S/C20H33N3O/c1-2-3-4-5-6-7-8-9-10-11-12-13-16-22-23-20(24)19-14-17-21-18-15-19/h14-18H,2-13H2,1H3,(H,23,24)/b22-16-. The summed E-state index contributed by atoms with van der Waals surface area (Å²) in [5.74, 6) is -0.187. The highest BCUT2D eigenvalue weighted by Crippen LogP contribution is 2.11. The minimum atomic E-state index is -0.187. The van der Waals surface area contributed by atoms with Crippen LogP contribution in [0.1, 0.15) is 94.3 Å². The van der Waals surface area contributed by atoms with E-state index in [2.05, 4.69) is 22.4 Å². The monoisotopic (exact) mass is 331 g/mol. The van der Waals surface area contributed by atoms with Crippen LogP contribution in [0.2, 0.25) is 0 Å². The zero-order chi connectivity index (χ0) is 17.3. The number of aromatic nitrogens is 1. The molecule has 1 heterocycles. The first-order valence-corrected chi connectivity index (χ1v) is 9.56. The van der Waals surface area contributed by atoms with Crippen LogP contribution in [-0.4, -0.2) is 17.1 Å². The lowest BCUT2D eigenvalue weighted by Crippen LogP contribution is -2.17. The summed E-state index contributed by atoms with van der Waals surface area (Å²) >= 11 is 0. The minimum Gasteiger partial charge on any atom is -0.267 e. The Morgan fingerprint density at radius 1 is 0.958 bits per heavy atom. The molecule has 0 saturated heterocycles. The van der Waals surface area contributed by atoms with Gasteiger partial charge in [-0.3, -0.25) is 9.78 Å². The van der Waals surface area contributed by atoms with Gasteiger partial charge >= 0.3 is 0 Å². The SMILES string of the molecule is CCCCCCCCCCCCC/C=N\NC(=O)c1ccncc1. The normalized spacial score (nSPS) is 11.0. The van der Waals surface area contributed by atoms with Crippen LogP contribution in [0.3, 0.4) is 0 Å². The molecule has 0 spiro atoms. The van der Waals surface area contributed by atoms with E-state index >= 15 is 0 Å². The van der Waals surface area contributed by atoms with Gasteiger partial charge in [0.1, 0.15) is 0 Å². The molecule has 0 atom stereocenters. The zero-order valence-electron chi connectivity index (χ0n) is 15.2. The van der Waals surface area contributed by atoms with Gasteiger partial charge in [-0.15, -0.1) is 0 Å². The van der Waals surface area contributed by atoms with Gasteiger partial charge in [0.05, 0.1) is 0 Å². The smallest absolute Gasteiger partial charge is 0.267 e. The van der Waals surface area contributed by atoms with Crippen LogP contribution in [0, 0.1) is 0 Å². The fraction of sp³-hybridized carbons (Fsp3) is 0.650.